The van der Waals surface area contributed by atoms with E-state index in [0.29, 0.717) is 0 Å². The molecule has 0 heterocycles. The van der Waals surface area contributed by atoms with E-state index in [-0.39, 0.29) is 75.4 Å². The Hall–Kier alpha value is 1.41. The second kappa shape index (κ2) is 23.7. The summed E-state index contributed by atoms with van der Waals surface area (Å²) in [6.45, 7) is 0. The summed E-state index contributed by atoms with van der Waals surface area (Å²) in [4.78, 5) is 8.56. The Labute approximate surface area is 95.5 Å². The SMILES string of the molecule is Cl.Cl.Cl.O=C(O)O.[Dy]. The Morgan fingerprint density at radius 3 is 1.00 bits per heavy atom. The first-order valence-electron chi connectivity index (χ1n) is 0.651. The summed E-state index contributed by atoms with van der Waals surface area (Å²) in [6.07, 6.45) is -1.83. The second-order valence-corrected chi connectivity index (χ2v) is 0.283. The molecule has 0 aliphatic carbocycles. The first kappa shape index (κ1) is 34.2. The zero-order chi connectivity index (χ0) is 3.58. The molecule has 0 aromatic heterocycles. The summed E-state index contributed by atoms with van der Waals surface area (Å²) in [5, 5.41) is 13.9. The Kier molecular flexibility index (Phi) is 102. The number of hydrogen-bond acceptors (Lipinski definition) is 1. The van der Waals surface area contributed by atoms with E-state index in [1.165, 1.54) is 0 Å². The monoisotopic (exact) mass is 334 g/mol. The largest absolute Gasteiger partial charge is 0.503 e. The summed E-state index contributed by atoms with van der Waals surface area (Å²) in [5.74, 6) is 0. The van der Waals surface area contributed by atoms with Gasteiger partial charge in [0.05, 0.1) is 0 Å². The average molecular weight is 334 g/mol. The second-order valence-electron chi connectivity index (χ2n) is 0.283. The van der Waals surface area contributed by atoms with Gasteiger partial charge in [-0.1, -0.05) is 0 Å². The Balaban J connectivity index is -0.00000000750. The molecule has 2 N–H and O–H groups in total. The van der Waals surface area contributed by atoms with E-state index in [4.69, 9.17) is 15.0 Å². The summed E-state index contributed by atoms with van der Waals surface area (Å²) < 4.78 is 0. The maximum atomic E-state index is 8.56. The third-order valence-corrected chi connectivity index (χ3v) is 0. The van der Waals surface area contributed by atoms with E-state index in [9.17, 15) is 0 Å². The van der Waals surface area contributed by atoms with Gasteiger partial charge in [0.1, 0.15) is 0 Å². The Morgan fingerprint density at radius 2 is 1.00 bits per heavy atom. The van der Waals surface area contributed by atoms with Crippen molar-refractivity contribution in [2.75, 3.05) is 0 Å². The van der Waals surface area contributed by atoms with Crippen molar-refractivity contribution in [1.82, 2.24) is 0 Å². The van der Waals surface area contributed by atoms with Crippen molar-refractivity contribution in [3.63, 3.8) is 0 Å². The normalized spacial score (nSPS) is 3.00. The molecule has 0 aromatic carbocycles. The van der Waals surface area contributed by atoms with E-state index < -0.39 is 6.16 Å². The molecule has 0 amide bonds. The minimum atomic E-state index is -1.83. The zero-order valence-electron chi connectivity index (χ0n) is 3.34. The Bertz CT molecular complexity index is 37.5. The molecule has 0 aliphatic rings. The molecule has 0 fully saturated rings. The summed E-state index contributed by atoms with van der Waals surface area (Å²) >= 11 is 0. The van der Waals surface area contributed by atoms with Gasteiger partial charge >= 0.3 is 6.16 Å². The first-order chi connectivity index (χ1) is 1.73. The number of carboxylic acid groups (broad SMARTS) is 2. The molecular formula is CH5Cl3DyO3. The Morgan fingerprint density at radius 1 is 1.00 bits per heavy atom. The average Bonchev–Trinajstić information content (AvgIpc) is 0.811. The molecule has 0 radical (unpaired) electrons. The van der Waals surface area contributed by atoms with Crippen LogP contribution in [0, 0.1) is 38.2 Å². The predicted molar refractivity (Wildman–Crippen MR) is 32.4 cm³/mol. The molecule has 0 saturated heterocycles. The maximum Gasteiger partial charge on any atom is 0.503 e. The number of carbonyl (C=O) groups is 1. The van der Waals surface area contributed by atoms with E-state index in [1.54, 1.807) is 0 Å². The quantitative estimate of drug-likeness (QED) is 0.706. The zero-order valence-corrected chi connectivity index (χ0v) is 7.82. The van der Waals surface area contributed by atoms with Crippen LogP contribution in [0.4, 0.5) is 4.79 Å². The van der Waals surface area contributed by atoms with Gasteiger partial charge in [-0.2, -0.15) is 0 Å². The fourth-order valence-corrected chi connectivity index (χ4v) is 0. The van der Waals surface area contributed by atoms with E-state index in [2.05, 4.69) is 0 Å². The van der Waals surface area contributed by atoms with Crippen LogP contribution in [0.1, 0.15) is 0 Å². The van der Waals surface area contributed by atoms with Crippen LogP contribution in [-0.2, 0) is 0 Å². The summed E-state index contributed by atoms with van der Waals surface area (Å²) in [5.41, 5.74) is 0. The van der Waals surface area contributed by atoms with Crippen molar-refractivity contribution in [2.24, 2.45) is 0 Å². The molecule has 0 unspecified atom stereocenters. The van der Waals surface area contributed by atoms with Gasteiger partial charge in [0.2, 0.25) is 0 Å². The molecule has 7 heteroatoms. The number of rotatable bonds is 0. The molecule has 0 aromatic rings. The van der Waals surface area contributed by atoms with Crippen LogP contribution in [0.5, 0.6) is 0 Å². The van der Waals surface area contributed by atoms with Gasteiger partial charge in [0.25, 0.3) is 0 Å². The van der Waals surface area contributed by atoms with Crippen molar-refractivity contribution in [3.05, 3.63) is 0 Å². The maximum absolute atomic E-state index is 8.56. The minimum Gasteiger partial charge on any atom is -0.450 e. The van der Waals surface area contributed by atoms with Crippen LogP contribution in [-0.4, -0.2) is 16.4 Å². The number of halogens is 3. The van der Waals surface area contributed by atoms with Crippen molar-refractivity contribution in [3.8, 4) is 0 Å². The van der Waals surface area contributed by atoms with Crippen LogP contribution in [0.2, 0.25) is 0 Å². The fourth-order valence-electron chi connectivity index (χ4n) is 0. The molecule has 0 bridgehead atoms. The summed E-state index contributed by atoms with van der Waals surface area (Å²) in [6, 6.07) is 0. The molecule has 3 nitrogen and oxygen atoms in total. The minimum absolute atomic E-state index is 0. The van der Waals surface area contributed by atoms with Crippen molar-refractivity contribution >= 4 is 43.4 Å². The van der Waals surface area contributed by atoms with Crippen molar-refractivity contribution in [2.45, 2.75) is 0 Å². The van der Waals surface area contributed by atoms with Gasteiger partial charge in [-0.15, -0.1) is 37.2 Å². The fraction of sp³-hybridized carbons (Fsp3) is 0. The van der Waals surface area contributed by atoms with E-state index >= 15 is 0 Å². The molecule has 0 rings (SSSR count). The van der Waals surface area contributed by atoms with Crippen LogP contribution in [0.15, 0.2) is 0 Å². The van der Waals surface area contributed by atoms with Gasteiger partial charge in [0.15, 0.2) is 0 Å². The van der Waals surface area contributed by atoms with E-state index in [1.807, 2.05) is 0 Å². The molecule has 0 spiro atoms. The topological polar surface area (TPSA) is 57.5 Å². The third kappa shape index (κ3) is 153. The third-order valence-electron chi connectivity index (χ3n) is 0. The van der Waals surface area contributed by atoms with Gasteiger partial charge in [-0.05, 0) is 0 Å². The van der Waals surface area contributed by atoms with Crippen molar-refractivity contribution in [1.29, 1.82) is 0 Å². The van der Waals surface area contributed by atoms with E-state index in [0.717, 1.165) is 0 Å². The van der Waals surface area contributed by atoms with Crippen LogP contribution in [0.25, 0.3) is 0 Å². The van der Waals surface area contributed by atoms with Gasteiger partial charge in [-0.25, -0.2) is 4.79 Å². The van der Waals surface area contributed by atoms with Crippen LogP contribution in [0.3, 0.4) is 0 Å². The van der Waals surface area contributed by atoms with Gasteiger partial charge < -0.3 is 10.2 Å². The summed E-state index contributed by atoms with van der Waals surface area (Å²) in [7, 11) is 0. The van der Waals surface area contributed by atoms with Gasteiger partial charge in [0, 0.05) is 38.2 Å². The molecule has 8 heavy (non-hydrogen) atoms. The molecular weight excluding hydrogens is 329 g/mol. The van der Waals surface area contributed by atoms with Crippen LogP contribution >= 0.6 is 37.2 Å². The van der Waals surface area contributed by atoms with Gasteiger partial charge in [-0.3, -0.25) is 0 Å². The standard InChI is InChI=1S/CH2O3.3ClH.Dy/c2-1(3)4;;;;/h(H2,2,3,4);3*1H;. The molecule has 0 aliphatic heterocycles. The molecule has 0 atom stereocenters. The van der Waals surface area contributed by atoms with Crippen molar-refractivity contribution < 1.29 is 53.2 Å². The molecule has 58 valence electrons. The smallest absolute Gasteiger partial charge is 0.450 e. The number of hydrogen-bond donors (Lipinski definition) is 2. The first-order valence-corrected chi connectivity index (χ1v) is 0.651. The molecule has 0 saturated carbocycles. The van der Waals surface area contributed by atoms with Crippen LogP contribution < -0.4 is 0 Å². The predicted octanol–water partition coefficient (Wildman–Crippen LogP) is 1.49.